The van der Waals surface area contributed by atoms with Crippen molar-refractivity contribution < 1.29 is 0 Å². The van der Waals surface area contributed by atoms with Gasteiger partial charge >= 0.3 is 0 Å². The summed E-state index contributed by atoms with van der Waals surface area (Å²) >= 11 is 0. The van der Waals surface area contributed by atoms with E-state index in [1.165, 1.54) is 11.1 Å². The molecular formula is C13H19N5. The molecule has 0 bridgehead atoms. The van der Waals surface area contributed by atoms with Crippen molar-refractivity contribution in [1.82, 2.24) is 25.5 Å². The number of aromatic nitrogens is 4. The van der Waals surface area contributed by atoms with Crippen LogP contribution in [0.4, 0.5) is 0 Å². The summed E-state index contributed by atoms with van der Waals surface area (Å²) in [6.45, 7) is 7.99. The van der Waals surface area contributed by atoms with Gasteiger partial charge in [0.05, 0.1) is 12.2 Å². The minimum absolute atomic E-state index is 0.689. The Hall–Kier alpha value is -1.75. The average molecular weight is 245 g/mol. The molecule has 1 aromatic carbocycles. The Morgan fingerprint density at radius 3 is 2.89 bits per heavy atom. The quantitative estimate of drug-likeness (QED) is 0.816. The fraction of sp³-hybridized carbons (Fsp3) is 0.462. The van der Waals surface area contributed by atoms with Crippen molar-refractivity contribution >= 4 is 0 Å². The van der Waals surface area contributed by atoms with Crippen molar-refractivity contribution in [1.29, 1.82) is 0 Å². The topological polar surface area (TPSA) is 55.6 Å². The molecule has 2 rings (SSSR count). The third kappa shape index (κ3) is 2.56. The van der Waals surface area contributed by atoms with Gasteiger partial charge in [-0.05, 0) is 54.4 Å². The van der Waals surface area contributed by atoms with E-state index in [1.54, 1.807) is 0 Å². The van der Waals surface area contributed by atoms with E-state index >= 15 is 0 Å². The van der Waals surface area contributed by atoms with Crippen molar-refractivity contribution in [2.75, 3.05) is 6.54 Å². The van der Waals surface area contributed by atoms with Gasteiger partial charge < -0.3 is 5.32 Å². The highest BCUT2D eigenvalue weighted by molar-refractivity contribution is 5.44. The summed E-state index contributed by atoms with van der Waals surface area (Å²) in [4.78, 5) is 0. The van der Waals surface area contributed by atoms with E-state index in [9.17, 15) is 0 Å². The summed E-state index contributed by atoms with van der Waals surface area (Å²) < 4.78 is 1.81. The predicted octanol–water partition coefficient (Wildman–Crippen LogP) is 1.78. The van der Waals surface area contributed by atoms with E-state index in [4.69, 9.17) is 0 Å². The Kier molecular flexibility index (Phi) is 4.04. The number of rotatable bonds is 5. The maximum atomic E-state index is 4.08. The summed E-state index contributed by atoms with van der Waals surface area (Å²) in [5.41, 5.74) is 3.50. The second-order valence-electron chi connectivity index (χ2n) is 4.40. The molecule has 0 aliphatic carbocycles. The van der Waals surface area contributed by atoms with E-state index in [0.717, 1.165) is 24.5 Å². The molecule has 0 unspecified atom stereocenters. The smallest absolute Gasteiger partial charge is 0.170 e. The minimum Gasteiger partial charge on any atom is -0.310 e. The first-order valence-corrected chi connectivity index (χ1v) is 6.28. The van der Waals surface area contributed by atoms with E-state index < -0.39 is 0 Å². The first-order chi connectivity index (χ1) is 8.74. The van der Waals surface area contributed by atoms with Crippen LogP contribution in [0.25, 0.3) is 5.69 Å². The summed E-state index contributed by atoms with van der Waals surface area (Å²) in [5, 5.41) is 15.2. The number of tetrazole rings is 1. The number of hydrogen-bond acceptors (Lipinski definition) is 4. The molecule has 5 nitrogen and oxygen atoms in total. The van der Waals surface area contributed by atoms with E-state index in [-0.39, 0.29) is 0 Å². The van der Waals surface area contributed by atoms with Crippen LogP contribution in [0.2, 0.25) is 0 Å². The fourth-order valence-electron chi connectivity index (χ4n) is 1.85. The van der Waals surface area contributed by atoms with Crippen molar-refractivity contribution in [3.63, 3.8) is 0 Å². The molecule has 1 aromatic heterocycles. The molecule has 0 amide bonds. The average Bonchev–Trinajstić information content (AvgIpc) is 2.81. The molecule has 0 spiro atoms. The molecule has 1 heterocycles. The van der Waals surface area contributed by atoms with Gasteiger partial charge in [-0.15, -0.1) is 5.10 Å². The lowest BCUT2D eigenvalue weighted by Crippen LogP contribution is -2.18. The van der Waals surface area contributed by atoms with Crippen LogP contribution in [0.15, 0.2) is 18.2 Å². The van der Waals surface area contributed by atoms with Crippen LogP contribution >= 0.6 is 0 Å². The molecule has 5 heteroatoms. The molecule has 0 atom stereocenters. The van der Waals surface area contributed by atoms with Crippen LogP contribution in [-0.2, 0) is 6.54 Å². The Bertz CT molecular complexity index is 518. The Morgan fingerprint density at radius 2 is 2.11 bits per heavy atom. The lowest BCUT2D eigenvalue weighted by molar-refractivity contribution is 0.632. The Morgan fingerprint density at radius 1 is 1.28 bits per heavy atom. The monoisotopic (exact) mass is 245 g/mol. The number of benzene rings is 1. The third-order valence-electron chi connectivity index (χ3n) is 3.05. The summed E-state index contributed by atoms with van der Waals surface area (Å²) in [6.07, 6.45) is 1.10. The van der Waals surface area contributed by atoms with E-state index in [0.29, 0.717) is 6.54 Å². The normalized spacial score (nSPS) is 10.8. The minimum atomic E-state index is 0.689. The molecule has 18 heavy (non-hydrogen) atoms. The maximum Gasteiger partial charge on any atom is 0.170 e. The van der Waals surface area contributed by atoms with Gasteiger partial charge in [0.25, 0.3) is 0 Å². The lowest BCUT2D eigenvalue weighted by Gasteiger charge is -2.10. The molecule has 0 fully saturated rings. The Balaban J connectivity index is 2.28. The predicted molar refractivity (Wildman–Crippen MR) is 70.6 cm³/mol. The zero-order valence-corrected chi connectivity index (χ0v) is 11.1. The summed E-state index contributed by atoms with van der Waals surface area (Å²) in [5.74, 6) is 0.845. The fourth-order valence-corrected chi connectivity index (χ4v) is 1.85. The molecule has 96 valence electrons. The van der Waals surface area contributed by atoms with Gasteiger partial charge in [0.2, 0.25) is 0 Å². The number of nitrogens with zero attached hydrogens (tertiary/aromatic N) is 4. The Labute approximate surface area is 107 Å². The van der Waals surface area contributed by atoms with Crippen LogP contribution in [0, 0.1) is 13.8 Å². The van der Waals surface area contributed by atoms with Gasteiger partial charge in [-0.2, -0.15) is 4.68 Å². The molecule has 0 saturated heterocycles. The highest BCUT2D eigenvalue weighted by Crippen LogP contribution is 2.17. The molecule has 0 radical (unpaired) electrons. The van der Waals surface area contributed by atoms with Crippen LogP contribution < -0.4 is 5.32 Å². The molecule has 0 saturated carbocycles. The second kappa shape index (κ2) is 5.73. The number of nitrogens with one attached hydrogen (secondary N) is 1. The van der Waals surface area contributed by atoms with Crippen molar-refractivity contribution in [2.45, 2.75) is 33.7 Å². The van der Waals surface area contributed by atoms with Gasteiger partial charge in [0.1, 0.15) is 0 Å². The van der Waals surface area contributed by atoms with Crippen LogP contribution in [0.5, 0.6) is 0 Å². The molecule has 0 aliphatic heterocycles. The van der Waals surface area contributed by atoms with E-state index in [1.807, 2.05) is 16.8 Å². The van der Waals surface area contributed by atoms with Crippen LogP contribution in [0.1, 0.15) is 30.3 Å². The molecule has 0 aliphatic rings. The van der Waals surface area contributed by atoms with Gasteiger partial charge in [-0.3, -0.25) is 0 Å². The van der Waals surface area contributed by atoms with Crippen LogP contribution in [-0.4, -0.2) is 26.8 Å². The van der Waals surface area contributed by atoms with Crippen molar-refractivity contribution in [3.8, 4) is 5.69 Å². The highest BCUT2D eigenvalue weighted by Gasteiger charge is 2.10. The van der Waals surface area contributed by atoms with Gasteiger partial charge in [0.15, 0.2) is 5.82 Å². The first-order valence-electron chi connectivity index (χ1n) is 6.28. The number of hydrogen-bond donors (Lipinski definition) is 1. The summed E-state index contributed by atoms with van der Waals surface area (Å²) in [6, 6.07) is 6.17. The van der Waals surface area contributed by atoms with Crippen molar-refractivity contribution in [2.24, 2.45) is 0 Å². The lowest BCUT2D eigenvalue weighted by atomic mass is 10.1. The highest BCUT2D eigenvalue weighted by atomic mass is 15.5. The molecule has 2 aromatic rings. The van der Waals surface area contributed by atoms with Crippen molar-refractivity contribution in [3.05, 3.63) is 35.2 Å². The van der Waals surface area contributed by atoms with E-state index in [2.05, 4.69) is 47.7 Å². The largest absolute Gasteiger partial charge is 0.310 e. The zero-order valence-electron chi connectivity index (χ0n) is 11.1. The second-order valence-corrected chi connectivity index (χ2v) is 4.40. The third-order valence-corrected chi connectivity index (χ3v) is 3.05. The zero-order chi connectivity index (χ0) is 13.0. The number of aryl methyl sites for hydroxylation is 1. The SMILES string of the molecule is CCCNCc1nnnn1-c1cccc(C)c1C. The van der Waals surface area contributed by atoms with Gasteiger partial charge in [-0.25, -0.2) is 0 Å². The standard InChI is InChI=1S/C13H19N5/c1-4-8-14-9-13-15-16-17-18(13)12-7-5-6-10(2)11(12)3/h5-7,14H,4,8-9H2,1-3H3. The summed E-state index contributed by atoms with van der Waals surface area (Å²) in [7, 11) is 0. The molecule has 1 N–H and O–H groups in total. The maximum absolute atomic E-state index is 4.08. The first kappa shape index (κ1) is 12.7. The van der Waals surface area contributed by atoms with Gasteiger partial charge in [0, 0.05) is 0 Å². The van der Waals surface area contributed by atoms with Gasteiger partial charge in [-0.1, -0.05) is 19.1 Å². The van der Waals surface area contributed by atoms with Crippen LogP contribution in [0.3, 0.4) is 0 Å². The molecular weight excluding hydrogens is 226 g/mol.